The number of hydrogen-bond acceptors (Lipinski definition) is 5. The molecule has 1 N–H and O–H groups in total. The molecule has 136 valence electrons. The van der Waals surface area contributed by atoms with E-state index < -0.39 is 0 Å². The van der Waals surface area contributed by atoms with Crippen LogP contribution in [0, 0.1) is 5.41 Å². The minimum absolute atomic E-state index is 0.0617. The van der Waals surface area contributed by atoms with Crippen LogP contribution in [-0.2, 0) is 11.3 Å². The molecule has 7 nitrogen and oxygen atoms in total. The maximum Gasteiger partial charge on any atom is 0.244 e. The number of para-hydroxylation sites is 1. The monoisotopic (exact) mass is 345 g/mol. The fraction of sp³-hybridized carbons (Fsp3) is 0.611. The first kappa shape index (κ1) is 17.8. The van der Waals surface area contributed by atoms with E-state index in [0.29, 0.717) is 19.6 Å². The average Bonchev–Trinajstić information content (AvgIpc) is 2.98. The average molecular weight is 345 g/mol. The number of carbonyl (C=O) groups excluding carboxylic acids is 1. The van der Waals surface area contributed by atoms with Crippen molar-refractivity contribution in [3.05, 3.63) is 24.3 Å². The number of rotatable bonds is 4. The van der Waals surface area contributed by atoms with Crippen molar-refractivity contribution in [3.63, 3.8) is 0 Å². The predicted octanol–water partition coefficient (Wildman–Crippen LogP) is 0.982. The molecule has 2 aromatic rings. The molecule has 1 aromatic heterocycles. The quantitative estimate of drug-likeness (QED) is 0.894. The van der Waals surface area contributed by atoms with Crippen molar-refractivity contribution < 1.29 is 9.90 Å². The molecule has 2 heterocycles. The summed E-state index contributed by atoms with van der Waals surface area (Å²) in [6.07, 6.45) is -0.365. The Hall–Kier alpha value is -1.99. The number of nitrogens with zero attached hydrogens (tertiary/aromatic N) is 5. The Balaban J connectivity index is 1.53. The Morgan fingerprint density at radius 1 is 1.20 bits per heavy atom. The Morgan fingerprint density at radius 3 is 2.56 bits per heavy atom. The van der Waals surface area contributed by atoms with Gasteiger partial charge in [0.2, 0.25) is 5.91 Å². The van der Waals surface area contributed by atoms with Crippen LogP contribution in [-0.4, -0.2) is 74.6 Å². The van der Waals surface area contributed by atoms with Crippen LogP contribution in [0.5, 0.6) is 0 Å². The van der Waals surface area contributed by atoms with Gasteiger partial charge in [0, 0.05) is 32.7 Å². The number of aliphatic hydroxyl groups is 1. The van der Waals surface area contributed by atoms with Crippen molar-refractivity contribution in [2.45, 2.75) is 33.4 Å². The molecule has 1 aliphatic heterocycles. The fourth-order valence-electron chi connectivity index (χ4n) is 2.96. The van der Waals surface area contributed by atoms with Crippen molar-refractivity contribution in [2.75, 3.05) is 32.7 Å². The van der Waals surface area contributed by atoms with E-state index >= 15 is 0 Å². The van der Waals surface area contributed by atoms with E-state index in [4.69, 9.17) is 0 Å². The summed E-state index contributed by atoms with van der Waals surface area (Å²) >= 11 is 0. The third-order valence-corrected chi connectivity index (χ3v) is 4.86. The highest BCUT2D eigenvalue weighted by molar-refractivity contribution is 5.79. The molecule has 1 aromatic carbocycles. The number of piperazine rings is 1. The summed E-state index contributed by atoms with van der Waals surface area (Å²) in [5.74, 6) is 0.0617. The molecule has 1 atom stereocenters. The van der Waals surface area contributed by atoms with Crippen molar-refractivity contribution in [3.8, 4) is 0 Å². The topological polar surface area (TPSA) is 74.5 Å². The second-order valence-corrected chi connectivity index (χ2v) is 7.80. The maximum absolute atomic E-state index is 12.6. The van der Waals surface area contributed by atoms with Crippen LogP contribution in [0.3, 0.4) is 0 Å². The van der Waals surface area contributed by atoms with E-state index in [1.165, 1.54) is 0 Å². The Labute approximate surface area is 148 Å². The van der Waals surface area contributed by atoms with Crippen LogP contribution in [0.1, 0.15) is 20.8 Å². The predicted molar refractivity (Wildman–Crippen MR) is 96.0 cm³/mol. The normalized spacial score (nSPS) is 17.8. The minimum Gasteiger partial charge on any atom is -0.391 e. The highest BCUT2D eigenvalue weighted by Gasteiger charge is 2.27. The van der Waals surface area contributed by atoms with Gasteiger partial charge in [-0.1, -0.05) is 38.1 Å². The van der Waals surface area contributed by atoms with Crippen LogP contribution in [0.15, 0.2) is 24.3 Å². The molecule has 3 rings (SSSR count). The third-order valence-electron chi connectivity index (χ3n) is 4.86. The Kier molecular flexibility index (Phi) is 5.06. The Morgan fingerprint density at radius 2 is 1.88 bits per heavy atom. The molecule has 1 amide bonds. The number of fused-ring (bicyclic) bond motifs is 1. The smallest absolute Gasteiger partial charge is 0.244 e. The van der Waals surface area contributed by atoms with Crippen LogP contribution in [0.25, 0.3) is 11.0 Å². The lowest BCUT2D eigenvalue weighted by Gasteiger charge is -2.38. The molecule has 0 aliphatic carbocycles. The number of amides is 1. The molecule has 0 bridgehead atoms. The summed E-state index contributed by atoms with van der Waals surface area (Å²) in [6.45, 7) is 9.93. The van der Waals surface area contributed by atoms with Gasteiger partial charge in [-0.15, -0.1) is 5.10 Å². The van der Waals surface area contributed by atoms with Crippen molar-refractivity contribution in [1.82, 2.24) is 24.8 Å². The molecule has 0 radical (unpaired) electrons. The molecule has 0 unspecified atom stereocenters. The lowest BCUT2D eigenvalue weighted by atomic mass is 9.89. The van der Waals surface area contributed by atoms with E-state index in [9.17, 15) is 9.90 Å². The zero-order valence-electron chi connectivity index (χ0n) is 15.2. The third kappa shape index (κ3) is 4.16. The van der Waals surface area contributed by atoms with Gasteiger partial charge in [0.15, 0.2) is 0 Å². The fourth-order valence-corrected chi connectivity index (χ4v) is 2.96. The van der Waals surface area contributed by atoms with Crippen LogP contribution < -0.4 is 0 Å². The zero-order chi connectivity index (χ0) is 18.0. The molecule has 25 heavy (non-hydrogen) atoms. The maximum atomic E-state index is 12.6. The highest BCUT2D eigenvalue weighted by atomic mass is 16.3. The summed E-state index contributed by atoms with van der Waals surface area (Å²) in [6, 6.07) is 7.65. The van der Waals surface area contributed by atoms with Crippen LogP contribution in [0.4, 0.5) is 0 Å². The van der Waals surface area contributed by atoms with Gasteiger partial charge < -0.3 is 10.0 Å². The van der Waals surface area contributed by atoms with Gasteiger partial charge in [0.05, 0.1) is 11.6 Å². The van der Waals surface area contributed by atoms with Gasteiger partial charge in [0.1, 0.15) is 12.1 Å². The molecule has 1 saturated heterocycles. The van der Waals surface area contributed by atoms with Gasteiger partial charge in [-0.3, -0.25) is 9.69 Å². The van der Waals surface area contributed by atoms with Gasteiger partial charge in [-0.25, -0.2) is 4.68 Å². The zero-order valence-corrected chi connectivity index (χ0v) is 15.2. The number of aliphatic hydroxyl groups excluding tert-OH is 1. The molecule has 1 aliphatic rings. The van der Waals surface area contributed by atoms with Gasteiger partial charge >= 0.3 is 0 Å². The lowest BCUT2D eigenvalue weighted by molar-refractivity contribution is -0.134. The summed E-state index contributed by atoms with van der Waals surface area (Å²) in [5.41, 5.74) is 1.56. The Bertz CT molecular complexity index is 728. The minimum atomic E-state index is -0.365. The van der Waals surface area contributed by atoms with Crippen molar-refractivity contribution >= 4 is 16.9 Å². The van der Waals surface area contributed by atoms with E-state index in [0.717, 1.165) is 24.1 Å². The second kappa shape index (κ2) is 7.09. The lowest BCUT2D eigenvalue weighted by Crippen LogP contribution is -2.52. The SMILES string of the molecule is CC(C)(C)[C@H](O)CN1CCN(C(=O)Cn2nnc3ccccc32)CC1. The van der Waals surface area contributed by atoms with Crippen molar-refractivity contribution in [2.24, 2.45) is 5.41 Å². The number of carbonyl (C=O) groups is 1. The van der Waals surface area contributed by atoms with Crippen LogP contribution in [0.2, 0.25) is 0 Å². The van der Waals surface area contributed by atoms with E-state index in [-0.39, 0.29) is 24.0 Å². The van der Waals surface area contributed by atoms with E-state index in [2.05, 4.69) is 15.2 Å². The molecule has 0 spiro atoms. The van der Waals surface area contributed by atoms with E-state index in [1.807, 2.05) is 49.9 Å². The van der Waals surface area contributed by atoms with Crippen LogP contribution >= 0.6 is 0 Å². The van der Waals surface area contributed by atoms with Gasteiger partial charge in [0.25, 0.3) is 0 Å². The summed E-state index contributed by atoms with van der Waals surface area (Å²) in [7, 11) is 0. The molecular formula is C18H27N5O2. The summed E-state index contributed by atoms with van der Waals surface area (Å²) < 4.78 is 1.66. The molecule has 0 saturated carbocycles. The first-order valence-electron chi connectivity index (χ1n) is 8.81. The highest BCUT2D eigenvalue weighted by Crippen LogP contribution is 2.20. The number of β-amino-alcohol motifs (C(OH)–C–C–N with tert-alkyl or cyclic N) is 1. The number of benzene rings is 1. The van der Waals surface area contributed by atoms with Gasteiger partial charge in [-0.2, -0.15) is 0 Å². The molecule has 7 heteroatoms. The second-order valence-electron chi connectivity index (χ2n) is 7.80. The molecular weight excluding hydrogens is 318 g/mol. The number of hydrogen-bond donors (Lipinski definition) is 1. The van der Waals surface area contributed by atoms with Crippen molar-refractivity contribution in [1.29, 1.82) is 0 Å². The standard InChI is InChI=1S/C18H27N5O2/c1-18(2,3)16(24)12-21-8-10-22(11-9-21)17(25)13-23-15-7-5-4-6-14(15)19-20-23/h4-7,16,24H,8-13H2,1-3H3/t16-/m1/s1. The van der Waals surface area contributed by atoms with E-state index in [1.54, 1.807) is 4.68 Å². The largest absolute Gasteiger partial charge is 0.391 e. The first-order chi connectivity index (χ1) is 11.8. The summed E-state index contributed by atoms with van der Waals surface area (Å²) in [4.78, 5) is 16.7. The number of aromatic nitrogens is 3. The molecule has 1 fully saturated rings. The summed E-state index contributed by atoms with van der Waals surface area (Å²) in [5, 5.41) is 18.4. The van der Waals surface area contributed by atoms with Gasteiger partial charge in [-0.05, 0) is 17.5 Å². The first-order valence-corrected chi connectivity index (χ1v) is 8.81.